The minimum atomic E-state index is -0.272. The molecule has 7 heteroatoms. The average Bonchev–Trinajstić information content (AvgIpc) is 3.17. The molecular weight excluding hydrogens is 358 g/mol. The van der Waals surface area contributed by atoms with Crippen molar-refractivity contribution in [3.05, 3.63) is 67.0 Å². The van der Waals surface area contributed by atoms with Crippen LogP contribution in [0.25, 0.3) is 22.6 Å². The highest BCUT2D eigenvalue weighted by Gasteiger charge is 2.10. The molecule has 4 aromatic rings. The van der Waals surface area contributed by atoms with E-state index in [2.05, 4.69) is 15.3 Å². The van der Waals surface area contributed by atoms with Crippen molar-refractivity contribution in [1.29, 1.82) is 0 Å². The van der Waals surface area contributed by atoms with E-state index in [1.54, 1.807) is 62.0 Å². The average molecular weight is 375 g/mol. The van der Waals surface area contributed by atoms with Gasteiger partial charge < -0.3 is 19.2 Å². The molecule has 2 aromatic heterocycles. The first-order chi connectivity index (χ1) is 13.7. The number of hydrogen-bond donors (Lipinski definition) is 1. The monoisotopic (exact) mass is 375 g/mol. The Kier molecular flexibility index (Phi) is 4.88. The van der Waals surface area contributed by atoms with E-state index in [4.69, 9.17) is 13.9 Å². The topological polar surface area (TPSA) is 86.5 Å². The number of benzene rings is 2. The number of methoxy groups -OCH3 is 1. The second kappa shape index (κ2) is 7.79. The summed E-state index contributed by atoms with van der Waals surface area (Å²) in [6.07, 6.45) is 3.37. The summed E-state index contributed by atoms with van der Waals surface area (Å²) in [4.78, 5) is 20.7. The Bertz CT molecular complexity index is 1090. The normalized spacial score (nSPS) is 10.6. The second-order valence-corrected chi connectivity index (χ2v) is 5.96. The van der Waals surface area contributed by atoms with Gasteiger partial charge in [0.05, 0.1) is 12.7 Å². The van der Waals surface area contributed by atoms with E-state index in [9.17, 15) is 4.79 Å². The van der Waals surface area contributed by atoms with E-state index in [1.807, 2.05) is 12.1 Å². The molecule has 4 rings (SSSR count). The van der Waals surface area contributed by atoms with E-state index >= 15 is 0 Å². The maximum Gasteiger partial charge on any atom is 0.262 e. The summed E-state index contributed by atoms with van der Waals surface area (Å²) in [6.45, 7) is -0.107. The third-order valence-corrected chi connectivity index (χ3v) is 4.01. The number of anilines is 1. The number of nitrogens with one attached hydrogen (secondary N) is 1. The van der Waals surface area contributed by atoms with Gasteiger partial charge in [0.1, 0.15) is 17.0 Å². The molecule has 0 aliphatic heterocycles. The quantitative estimate of drug-likeness (QED) is 0.550. The Morgan fingerprint density at radius 3 is 2.68 bits per heavy atom. The molecule has 0 radical (unpaired) electrons. The van der Waals surface area contributed by atoms with Gasteiger partial charge in [-0.05, 0) is 54.6 Å². The standard InChI is InChI=1S/C21H17N3O4/c1-26-16-5-7-17(8-6-16)27-13-20(25)23-15-4-9-19-18(11-15)24-21(28-19)14-3-2-10-22-12-14/h2-12H,13H2,1H3,(H,23,25). The first kappa shape index (κ1) is 17.5. The number of pyridine rings is 1. The summed E-state index contributed by atoms with van der Waals surface area (Å²) in [7, 11) is 1.59. The van der Waals surface area contributed by atoms with Crippen LogP contribution in [0.5, 0.6) is 11.5 Å². The highest BCUT2D eigenvalue weighted by atomic mass is 16.5. The van der Waals surface area contributed by atoms with Crippen molar-refractivity contribution in [2.75, 3.05) is 19.0 Å². The van der Waals surface area contributed by atoms with E-state index in [1.165, 1.54) is 0 Å². The molecule has 1 amide bonds. The van der Waals surface area contributed by atoms with Gasteiger partial charge in [0.15, 0.2) is 12.2 Å². The van der Waals surface area contributed by atoms with E-state index in [0.717, 1.165) is 11.3 Å². The lowest BCUT2D eigenvalue weighted by Gasteiger charge is -2.08. The fraction of sp³-hybridized carbons (Fsp3) is 0.0952. The van der Waals surface area contributed by atoms with Crippen LogP contribution in [0.15, 0.2) is 71.4 Å². The molecule has 0 spiro atoms. The lowest BCUT2D eigenvalue weighted by Crippen LogP contribution is -2.20. The molecule has 0 unspecified atom stereocenters. The SMILES string of the molecule is COc1ccc(OCC(=O)Nc2ccc3oc(-c4cccnc4)nc3c2)cc1. The molecule has 2 aromatic carbocycles. The Morgan fingerprint density at radius 1 is 1.11 bits per heavy atom. The maximum absolute atomic E-state index is 12.2. The predicted molar refractivity (Wildman–Crippen MR) is 104 cm³/mol. The van der Waals surface area contributed by atoms with Crippen LogP contribution in [0.2, 0.25) is 0 Å². The van der Waals surface area contributed by atoms with Crippen molar-refractivity contribution < 1.29 is 18.7 Å². The summed E-state index contributed by atoms with van der Waals surface area (Å²) in [6, 6.07) is 16.0. The van der Waals surface area contributed by atoms with Crippen molar-refractivity contribution in [3.8, 4) is 23.0 Å². The highest BCUT2D eigenvalue weighted by molar-refractivity contribution is 5.94. The van der Waals surface area contributed by atoms with Crippen LogP contribution in [0, 0.1) is 0 Å². The molecule has 140 valence electrons. The zero-order valence-electron chi connectivity index (χ0n) is 15.1. The van der Waals surface area contributed by atoms with Gasteiger partial charge >= 0.3 is 0 Å². The Hall–Kier alpha value is -3.87. The first-order valence-electron chi connectivity index (χ1n) is 8.59. The highest BCUT2D eigenvalue weighted by Crippen LogP contribution is 2.25. The summed E-state index contributed by atoms with van der Waals surface area (Å²) in [5.41, 5.74) is 2.68. The molecule has 0 aliphatic rings. The van der Waals surface area contributed by atoms with Crippen molar-refractivity contribution in [1.82, 2.24) is 9.97 Å². The second-order valence-electron chi connectivity index (χ2n) is 5.96. The Balaban J connectivity index is 1.41. The number of fused-ring (bicyclic) bond motifs is 1. The number of carbonyl (C=O) groups excluding carboxylic acids is 1. The van der Waals surface area contributed by atoms with Crippen molar-refractivity contribution in [3.63, 3.8) is 0 Å². The van der Waals surface area contributed by atoms with Crippen LogP contribution in [-0.2, 0) is 4.79 Å². The molecular formula is C21H17N3O4. The smallest absolute Gasteiger partial charge is 0.262 e. The van der Waals surface area contributed by atoms with Crippen molar-refractivity contribution in [2.24, 2.45) is 0 Å². The van der Waals surface area contributed by atoms with Crippen molar-refractivity contribution in [2.45, 2.75) is 0 Å². The lowest BCUT2D eigenvalue weighted by molar-refractivity contribution is -0.118. The van der Waals surface area contributed by atoms with Gasteiger partial charge in [-0.3, -0.25) is 9.78 Å². The Labute approximate surface area is 160 Å². The van der Waals surface area contributed by atoms with Crippen LogP contribution in [0.3, 0.4) is 0 Å². The Morgan fingerprint density at radius 2 is 1.93 bits per heavy atom. The van der Waals surface area contributed by atoms with Crippen molar-refractivity contribution >= 4 is 22.7 Å². The van der Waals surface area contributed by atoms with Gasteiger partial charge in [0.2, 0.25) is 5.89 Å². The van der Waals surface area contributed by atoms with Crippen LogP contribution in [0.1, 0.15) is 0 Å². The number of carbonyl (C=O) groups is 1. The molecule has 0 aliphatic carbocycles. The van der Waals surface area contributed by atoms with Gasteiger partial charge in [-0.15, -0.1) is 0 Å². The number of hydrogen-bond acceptors (Lipinski definition) is 6. The zero-order valence-corrected chi connectivity index (χ0v) is 15.1. The minimum absolute atomic E-state index is 0.107. The van der Waals surface area contributed by atoms with E-state index in [0.29, 0.717) is 28.4 Å². The van der Waals surface area contributed by atoms with E-state index < -0.39 is 0 Å². The summed E-state index contributed by atoms with van der Waals surface area (Å²) in [5, 5.41) is 2.79. The molecule has 28 heavy (non-hydrogen) atoms. The van der Waals surface area contributed by atoms with Gasteiger partial charge in [-0.25, -0.2) is 4.98 Å². The molecule has 0 bridgehead atoms. The van der Waals surface area contributed by atoms with Gasteiger partial charge in [0.25, 0.3) is 5.91 Å². The number of aromatic nitrogens is 2. The predicted octanol–water partition coefficient (Wildman–Crippen LogP) is 3.92. The van der Waals surface area contributed by atoms with Crippen LogP contribution >= 0.6 is 0 Å². The molecule has 0 saturated heterocycles. The number of ether oxygens (including phenoxy) is 2. The van der Waals surface area contributed by atoms with Crippen LogP contribution < -0.4 is 14.8 Å². The third-order valence-electron chi connectivity index (χ3n) is 4.01. The van der Waals surface area contributed by atoms with E-state index in [-0.39, 0.29) is 12.5 Å². The fourth-order valence-electron chi connectivity index (χ4n) is 2.64. The maximum atomic E-state index is 12.2. The third kappa shape index (κ3) is 3.93. The van der Waals surface area contributed by atoms with Gasteiger partial charge in [-0.1, -0.05) is 0 Å². The summed E-state index contributed by atoms with van der Waals surface area (Å²) < 4.78 is 16.3. The van der Waals surface area contributed by atoms with Crippen LogP contribution in [0.4, 0.5) is 5.69 Å². The van der Waals surface area contributed by atoms with Gasteiger partial charge in [0, 0.05) is 18.1 Å². The summed E-state index contributed by atoms with van der Waals surface area (Å²) in [5.74, 6) is 1.52. The molecule has 2 heterocycles. The minimum Gasteiger partial charge on any atom is -0.497 e. The lowest BCUT2D eigenvalue weighted by atomic mass is 10.3. The fourth-order valence-corrected chi connectivity index (χ4v) is 2.64. The molecule has 1 N–H and O–H groups in total. The van der Waals surface area contributed by atoms with Gasteiger partial charge in [-0.2, -0.15) is 0 Å². The molecule has 0 saturated carbocycles. The molecule has 7 nitrogen and oxygen atoms in total. The first-order valence-corrected chi connectivity index (χ1v) is 8.59. The largest absolute Gasteiger partial charge is 0.497 e. The molecule has 0 fully saturated rings. The number of amides is 1. The van der Waals surface area contributed by atoms with Crippen LogP contribution in [-0.4, -0.2) is 29.6 Å². The zero-order chi connectivity index (χ0) is 19.3. The summed E-state index contributed by atoms with van der Waals surface area (Å²) >= 11 is 0. The molecule has 0 atom stereocenters. The number of oxazole rings is 1. The number of nitrogens with zero attached hydrogens (tertiary/aromatic N) is 2. The number of rotatable bonds is 6.